The second kappa shape index (κ2) is 10.2. The lowest BCUT2D eigenvalue weighted by molar-refractivity contribution is -0.144. The monoisotopic (exact) mass is 434 g/mol. The van der Waals surface area contributed by atoms with E-state index >= 15 is 0 Å². The van der Waals surface area contributed by atoms with Gasteiger partial charge in [-0.15, -0.1) is 0 Å². The minimum atomic E-state index is -0.429. The van der Waals surface area contributed by atoms with Gasteiger partial charge in [0.1, 0.15) is 18.2 Å². The molecule has 160 valence electrons. The fraction of sp³-hybridized carbons (Fsp3) is 0.400. The Morgan fingerprint density at radius 3 is 2.67 bits per heavy atom. The highest BCUT2D eigenvalue weighted by Crippen LogP contribution is 2.34. The third kappa shape index (κ3) is 5.82. The van der Waals surface area contributed by atoms with Crippen molar-refractivity contribution >= 4 is 35.4 Å². The van der Waals surface area contributed by atoms with Crippen molar-refractivity contribution in [1.29, 1.82) is 0 Å². The third-order valence-corrected chi connectivity index (χ3v) is 5.40. The van der Waals surface area contributed by atoms with Crippen molar-refractivity contribution in [3.8, 4) is 0 Å². The van der Waals surface area contributed by atoms with Crippen LogP contribution in [0.5, 0.6) is 0 Å². The van der Waals surface area contributed by atoms with Gasteiger partial charge in [-0.05, 0) is 24.6 Å². The number of hydrogen-bond acceptors (Lipinski definition) is 6. The minimum absolute atomic E-state index is 0.0110. The molecule has 0 unspecified atom stereocenters. The zero-order chi connectivity index (χ0) is 21.5. The Morgan fingerprint density at radius 1 is 1.17 bits per heavy atom. The van der Waals surface area contributed by atoms with Crippen LogP contribution in [0.4, 0.5) is 10.2 Å². The van der Waals surface area contributed by atoms with Crippen molar-refractivity contribution in [3.05, 3.63) is 46.9 Å². The summed E-state index contributed by atoms with van der Waals surface area (Å²) in [5.74, 6) is 0.511. The number of aromatic nitrogens is 2. The number of benzene rings is 1. The van der Waals surface area contributed by atoms with E-state index in [0.29, 0.717) is 17.3 Å². The summed E-state index contributed by atoms with van der Waals surface area (Å²) in [5.41, 5.74) is 2.51. The number of anilines is 1. The molecule has 0 radical (unpaired) electrons. The molecule has 0 aliphatic carbocycles. The Morgan fingerprint density at radius 2 is 1.93 bits per heavy atom. The number of ether oxygens (including phenoxy) is 1. The van der Waals surface area contributed by atoms with E-state index in [-0.39, 0.29) is 50.2 Å². The van der Waals surface area contributed by atoms with E-state index in [4.69, 9.17) is 4.74 Å². The van der Waals surface area contributed by atoms with E-state index in [9.17, 15) is 18.8 Å². The maximum Gasteiger partial charge on any atom is 0.306 e. The molecule has 1 aromatic carbocycles. The summed E-state index contributed by atoms with van der Waals surface area (Å²) in [7, 11) is 0. The molecule has 0 spiro atoms. The van der Waals surface area contributed by atoms with Gasteiger partial charge in [-0.3, -0.25) is 14.4 Å². The number of thioether (sulfide) groups is 1. The van der Waals surface area contributed by atoms with E-state index in [0.717, 1.165) is 16.8 Å². The zero-order valence-corrected chi connectivity index (χ0v) is 17.4. The first-order chi connectivity index (χ1) is 14.5. The molecule has 0 bridgehead atoms. The number of carbonyl (C=O) groups excluding carboxylic acids is 3. The number of nitrogens with one attached hydrogen (secondary N) is 2. The Balaban J connectivity index is 1.60. The lowest BCUT2D eigenvalue weighted by Gasteiger charge is -2.11. The highest BCUT2D eigenvalue weighted by atomic mass is 32.2. The fourth-order valence-electron chi connectivity index (χ4n) is 2.96. The first kappa shape index (κ1) is 21.8. The van der Waals surface area contributed by atoms with Gasteiger partial charge in [0.2, 0.25) is 11.8 Å². The minimum Gasteiger partial charge on any atom is -0.466 e. The second-order valence-electron chi connectivity index (χ2n) is 6.68. The van der Waals surface area contributed by atoms with Crippen LogP contribution in [0.1, 0.15) is 36.6 Å². The van der Waals surface area contributed by atoms with Crippen LogP contribution in [0.15, 0.2) is 24.3 Å². The van der Waals surface area contributed by atoms with Gasteiger partial charge in [0.25, 0.3) is 0 Å². The molecule has 8 nitrogen and oxygen atoms in total. The summed E-state index contributed by atoms with van der Waals surface area (Å²) >= 11 is 1.68. The van der Waals surface area contributed by atoms with Gasteiger partial charge in [-0.25, -0.2) is 9.07 Å². The van der Waals surface area contributed by atoms with E-state index < -0.39 is 5.97 Å². The van der Waals surface area contributed by atoms with Crippen molar-refractivity contribution < 1.29 is 23.5 Å². The highest BCUT2D eigenvalue weighted by molar-refractivity contribution is 7.98. The predicted octanol–water partition coefficient (Wildman–Crippen LogP) is 2.37. The topological polar surface area (TPSA) is 102 Å². The molecule has 2 heterocycles. The van der Waals surface area contributed by atoms with Gasteiger partial charge in [0.15, 0.2) is 0 Å². The van der Waals surface area contributed by atoms with Crippen molar-refractivity contribution in [2.75, 3.05) is 11.9 Å². The van der Waals surface area contributed by atoms with E-state index in [2.05, 4.69) is 15.7 Å². The number of amides is 2. The maximum absolute atomic E-state index is 13.0. The zero-order valence-electron chi connectivity index (χ0n) is 16.6. The summed E-state index contributed by atoms with van der Waals surface area (Å²) in [5, 5.41) is 10.0. The normalized spacial score (nSPS) is 12.3. The van der Waals surface area contributed by atoms with Crippen LogP contribution < -0.4 is 10.6 Å². The van der Waals surface area contributed by atoms with Crippen LogP contribution in [0.3, 0.4) is 0 Å². The first-order valence-electron chi connectivity index (χ1n) is 9.59. The summed E-state index contributed by atoms with van der Waals surface area (Å²) in [4.78, 5) is 36.1. The van der Waals surface area contributed by atoms with Crippen LogP contribution in [0.2, 0.25) is 0 Å². The Labute approximate surface area is 177 Å². The lowest BCUT2D eigenvalue weighted by atomic mass is 10.2. The standard InChI is InChI=1S/C20H23FN4O4S/c1-2-29-19(28)8-7-17(26)23-20-15-11-30-12-16(15)24-25(20)10-18(27)22-9-13-3-5-14(21)6-4-13/h3-6H,2,7-12H2,1H3,(H,22,27)(H,23,26). The second-order valence-corrected chi connectivity index (χ2v) is 7.67. The van der Waals surface area contributed by atoms with Gasteiger partial charge >= 0.3 is 5.97 Å². The summed E-state index contributed by atoms with van der Waals surface area (Å²) in [6.07, 6.45) is -0.0222. The van der Waals surface area contributed by atoms with Gasteiger partial charge in [0, 0.05) is 30.0 Å². The van der Waals surface area contributed by atoms with Crippen LogP contribution in [-0.2, 0) is 43.7 Å². The molecule has 2 aromatic rings. The number of nitrogens with zero attached hydrogens (tertiary/aromatic N) is 2. The van der Waals surface area contributed by atoms with Gasteiger partial charge in [-0.2, -0.15) is 16.9 Å². The largest absolute Gasteiger partial charge is 0.466 e. The molecule has 10 heteroatoms. The molecule has 2 N–H and O–H groups in total. The predicted molar refractivity (Wildman–Crippen MR) is 110 cm³/mol. The molecule has 1 aliphatic heterocycles. The molecule has 1 aliphatic rings. The maximum atomic E-state index is 13.0. The van der Waals surface area contributed by atoms with E-state index in [1.165, 1.54) is 16.8 Å². The van der Waals surface area contributed by atoms with Crippen molar-refractivity contribution in [2.24, 2.45) is 0 Å². The Kier molecular flexibility index (Phi) is 7.45. The average Bonchev–Trinajstić information content (AvgIpc) is 3.29. The number of carbonyl (C=O) groups is 3. The molecular weight excluding hydrogens is 411 g/mol. The van der Waals surface area contributed by atoms with Gasteiger partial charge in [-0.1, -0.05) is 12.1 Å². The summed E-state index contributed by atoms with van der Waals surface area (Å²) in [6.45, 7) is 2.17. The molecule has 1 aromatic heterocycles. The Bertz CT molecular complexity index is 930. The lowest BCUT2D eigenvalue weighted by Crippen LogP contribution is -2.29. The molecule has 2 amide bonds. The SMILES string of the molecule is CCOC(=O)CCC(=O)Nc1c2c(nn1CC(=O)NCc1ccc(F)cc1)CSC2. The highest BCUT2D eigenvalue weighted by Gasteiger charge is 2.25. The summed E-state index contributed by atoms with van der Waals surface area (Å²) in [6, 6.07) is 5.87. The molecule has 0 atom stereocenters. The molecule has 30 heavy (non-hydrogen) atoms. The van der Waals surface area contributed by atoms with Crippen LogP contribution >= 0.6 is 11.8 Å². The molecule has 0 saturated carbocycles. The van der Waals surface area contributed by atoms with Crippen molar-refractivity contribution in [3.63, 3.8) is 0 Å². The summed E-state index contributed by atoms with van der Waals surface area (Å²) < 4.78 is 19.3. The van der Waals surface area contributed by atoms with Crippen LogP contribution in [-0.4, -0.2) is 34.2 Å². The molecule has 3 rings (SSSR count). The number of hydrogen-bond donors (Lipinski definition) is 2. The number of fused-ring (bicyclic) bond motifs is 1. The number of rotatable bonds is 9. The van der Waals surface area contributed by atoms with Gasteiger partial charge < -0.3 is 15.4 Å². The molecule has 0 fully saturated rings. The quantitative estimate of drug-likeness (QED) is 0.588. The number of halogens is 1. The average molecular weight is 434 g/mol. The Hall–Kier alpha value is -2.88. The van der Waals surface area contributed by atoms with Crippen molar-refractivity contribution in [2.45, 2.75) is 44.4 Å². The first-order valence-corrected chi connectivity index (χ1v) is 10.7. The third-order valence-electron chi connectivity index (χ3n) is 4.43. The van der Waals surface area contributed by atoms with E-state index in [1.807, 2.05) is 0 Å². The fourth-order valence-corrected chi connectivity index (χ4v) is 3.99. The van der Waals surface area contributed by atoms with Gasteiger partial charge in [0.05, 0.1) is 18.7 Å². The molecule has 0 saturated heterocycles. The molecular formula is C20H23FN4O4S. The number of esters is 1. The van der Waals surface area contributed by atoms with Crippen molar-refractivity contribution in [1.82, 2.24) is 15.1 Å². The smallest absolute Gasteiger partial charge is 0.306 e. The van der Waals surface area contributed by atoms with Crippen LogP contribution in [0, 0.1) is 5.82 Å². The van der Waals surface area contributed by atoms with Crippen LogP contribution in [0.25, 0.3) is 0 Å². The van der Waals surface area contributed by atoms with E-state index in [1.54, 1.807) is 30.8 Å².